The zero-order chi connectivity index (χ0) is 23.4. The number of amides is 3. The topological polar surface area (TPSA) is 61.4 Å². The van der Waals surface area contributed by atoms with Gasteiger partial charge in [-0.2, -0.15) is 0 Å². The molecule has 5 nitrogen and oxygen atoms in total. The Morgan fingerprint density at radius 1 is 1.00 bits per heavy atom. The molecule has 3 aromatic carbocycles. The van der Waals surface area contributed by atoms with Gasteiger partial charge in [-0.1, -0.05) is 48.5 Å². The molecule has 6 heteroatoms. The van der Waals surface area contributed by atoms with Crippen LogP contribution in [0.4, 0.5) is 14.9 Å². The van der Waals surface area contributed by atoms with Crippen LogP contribution in [0, 0.1) is 12.7 Å². The molecule has 4 rings (SSSR count). The molecule has 3 amide bonds. The monoisotopic (exact) mass is 445 g/mol. The van der Waals surface area contributed by atoms with E-state index in [0.717, 1.165) is 29.5 Å². The largest absolute Gasteiger partial charge is 0.349 e. The van der Waals surface area contributed by atoms with E-state index in [2.05, 4.69) is 10.6 Å². The van der Waals surface area contributed by atoms with Crippen LogP contribution in [-0.4, -0.2) is 29.4 Å². The second-order valence-corrected chi connectivity index (χ2v) is 8.36. The van der Waals surface area contributed by atoms with E-state index in [1.165, 1.54) is 12.1 Å². The fourth-order valence-corrected chi connectivity index (χ4v) is 3.86. The number of hydrogen-bond donors (Lipinski definition) is 2. The third-order valence-corrected chi connectivity index (χ3v) is 5.87. The van der Waals surface area contributed by atoms with Crippen molar-refractivity contribution in [3.05, 3.63) is 101 Å². The van der Waals surface area contributed by atoms with Crippen LogP contribution >= 0.6 is 0 Å². The first-order valence-corrected chi connectivity index (χ1v) is 11.3. The van der Waals surface area contributed by atoms with Crippen LogP contribution in [0.3, 0.4) is 0 Å². The summed E-state index contributed by atoms with van der Waals surface area (Å²) in [6, 6.07) is 20.8. The maximum atomic E-state index is 13.6. The predicted octanol–water partition coefficient (Wildman–Crippen LogP) is 5.67. The maximum Gasteiger partial charge on any atom is 0.322 e. The lowest BCUT2D eigenvalue weighted by molar-refractivity contribution is 0.0951. The average molecular weight is 446 g/mol. The summed E-state index contributed by atoms with van der Waals surface area (Å²) < 4.78 is 13.6. The molecule has 1 saturated carbocycles. The fourth-order valence-electron chi connectivity index (χ4n) is 3.86. The third-order valence-electron chi connectivity index (χ3n) is 5.87. The van der Waals surface area contributed by atoms with Crippen molar-refractivity contribution in [3.63, 3.8) is 0 Å². The van der Waals surface area contributed by atoms with E-state index in [1.807, 2.05) is 50.2 Å². The lowest BCUT2D eigenvalue weighted by atomic mass is 9.97. The first-order valence-electron chi connectivity index (χ1n) is 11.3. The van der Waals surface area contributed by atoms with Gasteiger partial charge in [-0.05, 0) is 67.6 Å². The Bertz CT molecular complexity index is 1130. The molecule has 0 spiro atoms. The zero-order valence-electron chi connectivity index (χ0n) is 18.8. The number of aryl methyl sites for hydroxylation is 1. The molecule has 0 radical (unpaired) electrons. The predicted molar refractivity (Wildman–Crippen MR) is 128 cm³/mol. The van der Waals surface area contributed by atoms with Crippen LogP contribution < -0.4 is 10.6 Å². The maximum absolute atomic E-state index is 13.6. The SMILES string of the molecule is CCN(C(=O)Nc1cc(C(=O)NC2CC2)ccc1C)[C@H](c1ccccc1)c1ccc(F)cc1. The minimum atomic E-state index is -0.390. The van der Waals surface area contributed by atoms with Gasteiger partial charge in [0, 0.05) is 23.8 Å². The summed E-state index contributed by atoms with van der Waals surface area (Å²) in [5, 5.41) is 5.97. The number of rotatable bonds is 7. The highest BCUT2D eigenvalue weighted by atomic mass is 19.1. The lowest BCUT2D eigenvalue weighted by Gasteiger charge is -2.32. The molecule has 1 atom stereocenters. The van der Waals surface area contributed by atoms with Crippen molar-refractivity contribution in [2.45, 2.75) is 38.8 Å². The van der Waals surface area contributed by atoms with E-state index >= 15 is 0 Å². The second kappa shape index (κ2) is 9.86. The number of anilines is 1. The summed E-state index contributed by atoms with van der Waals surface area (Å²) in [6.45, 7) is 4.23. The molecule has 1 aliphatic rings. The van der Waals surface area contributed by atoms with Gasteiger partial charge in [-0.3, -0.25) is 4.79 Å². The van der Waals surface area contributed by atoms with E-state index in [9.17, 15) is 14.0 Å². The van der Waals surface area contributed by atoms with Gasteiger partial charge in [0.1, 0.15) is 5.82 Å². The van der Waals surface area contributed by atoms with Gasteiger partial charge in [-0.25, -0.2) is 9.18 Å². The van der Waals surface area contributed by atoms with Crippen molar-refractivity contribution in [2.24, 2.45) is 0 Å². The van der Waals surface area contributed by atoms with Gasteiger partial charge in [0.05, 0.1) is 6.04 Å². The van der Waals surface area contributed by atoms with E-state index in [4.69, 9.17) is 0 Å². The summed E-state index contributed by atoms with van der Waals surface area (Å²) >= 11 is 0. The highest BCUT2D eigenvalue weighted by Gasteiger charge is 2.27. The number of nitrogens with one attached hydrogen (secondary N) is 2. The standard InChI is InChI=1S/C27H28FN3O2/c1-3-31(25(19-7-5-4-6-8-19)20-11-13-22(28)14-12-20)27(33)30-24-17-21(10-9-18(24)2)26(32)29-23-15-16-23/h4-14,17,23,25H,3,15-16H2,1-2H3,(H,29,32)(H,30,33)/t25-/m1/s1. The molecule has 0 saturated heterocycles. The summed E-state index contributed by atoms with van der Waals surface area (Å²) in [5.74, 6) is -0.455. The Hall–Kier alpha value is -3.67. The molecule has 1 aliphatic carbocycles. The summed E-state index contributed by atoms with van der Waals surface area (Å²) in [6.07, 6.45) is 2.02. The Morgan fingerprint density at radius 2 is 1.67 bits per heavy atom. The van der Waals surface area contributed by atoms with Crippen molar-refractivity contribution in [1.29, 1.82) is 0 Å². The van der Waals surface area contributed by atoms with Crippen molar-refractivity contribution in [3.8, 4) is 0 Å². The molecule has 0 unspecified atom stereocenters. The van der Waals surface area contributed by atoms with Crippen LogP contribution in [0.5, 0.6) is 0 Å². The summed E-state index contributed by atoms with van der Waals surface area (Å²) in [5.41, 5.74) is 3.71. The minimum absolute atomic E-state index is 0.131. The van der Waals surface area contributed by atoms with Gasteiger partial charge < -0.3 is 15.5 Å². The van der Waals surface area contributed by atoms with Gasteiger partial charge in [0.2, 0.25) is 0 Å². The summed E-state index contributed by atoms with van der Waals surface area (Å²) in [7, 11) is 0. The second-order valence-electron chi connectivity index (χ2n) is 8.36. The number of urea groups is 1. The van der Waals surface area contributed by atoms with Gasteiger partial charge in [0.25, 0.3) is 5.91 Å². The average Bonchev–Trinajstić information content (AvgIpc) is 3.64. The zero-order valence-corrected chi connectivity index (χ0v) is 18.8. The number of carbonyl (C=O) groups excluding carboxylic acids is 2. The Balaban J connectivity index is 1.62. The highest BCUT2D eigenvalue weighted by Crippen LogP contribution is 2.30. The first-order chi connectivity index (χ1) is 16.0. The van der Waals surface area contributed by atoms with Gasteiger partial charge >= 0.3 is 6.03 Å². The molecular weight excluding hydrogens is 417 g/mol. The molecule has 0 aliphatic heterocycles. The lowest BCUT2D eigenvalue weighted by Crippen LogP contribution is -2.38. The minimum Gasteiger partial charge on any atom is -0.349 e. The molecule has 0 aromatic heterocycles. The van der Waals surface area contributed by atoms with Crippen molar-refractivity contribution in [2.75, 3.05) is 11.9 Å². The number of carbonyl (C=O) groups is 2. The third kappa shape index (κ3) is 5.40. The molecule has 170 valence electrons. The van der Waals surface area contributed by atoms with Crippen LogP contribution in [0.2, 0.25) is 0 Å². The Morgan fingerprint density at radius 3 is 2.30 bits per heavy atom. The molecular formula is C27H28FN3O2. The Kier molecular flexibility index (Phi) is 6.73. The van der Waals surface area contributed by atoms with Crippen molar-refractivity contribution < 1.29 is 14.0 Å². The number of nitrogens with zero attached hydrogens (tertiary/aromatic N) is 1. The van der Waals surface area contributed by atoms with E-state index < -0.39 is 6.04 Å². The van der Waals surface area contributed by atoms with Crippen LogP contribution in [-0.2, 0) is 0 Å². The van der Waals surface area contributed by atoms with Crippen LogP contribution in [0.15, 0.2) is 72.8 Å². The molecule has 3 aromatic rings. The van der Waals surface area contributed by atoms with Crippen molar-refractivity contribution in [1.82, 2.24) is 10.2 Å². The van der Waals surface area contributed by atoms with Crippen LogP contribution in [0.1, 0.15) is 52.9 Å². The van der Waals surface area contributed by atoms with E-state index in [0.29, 0.717) is 17.8 Å². The smallest absolute Gasteiger partial charge is 0.322 e. The molecule has 33 heavy (non-hydrogen) atoms. The summed E-state index contributed by atoms with van der Waals surface area (Å²) in [4.78, 5) is 27.6. The van der Waals surface area contributed by atoms with Gasteiger partial charge in [-0.15, -0.1) is 0 Å². The normalized spacial score (nSPS) is 13.8. The number of benzene rings is 3. The molecule has 2 N–H and O–H groups in total. The number of hydrogen-bond acceptors (Lipinski definition) is 2. The Labute approximate surface area is 193 Å². The molecule has 0 bridgehead atoms. The van der Waals surface area contributed by atoms with E-state index in [-0.39, 0.29) is 23.8 Å². The van der Waals surface area contributed by atoms with Crippen LogP contribution in [0.25, 0.3) is 0 Å². The van der Waals surface area contributed by atoms with E-state index in [1.54, 1.807) is 29.2 Å². The van der Waals surface area contributed by atoms with Gasteiger partial charge in [0.15, 0.2) is 0 Å². The highest BCUT2D eigenvalue weighted by molar-refractivity contribution is 5.97. The van der Waals surface area contributed by atoms with Crippen molar-refractivity contribution >= 4 is 17.6 Å². The molecule has 0 heterocycles. The molecule has 1 fully saturated rings. The fraction of sp³-hybridized carbons (Fsp3) is 0.259. The number of halogens is 1. The quantitative estimate of drug-likeness (QED) is 0.492. The first kappa shape index (κ1) is 22.5.